The van der Waals surface area contributed by atoms with E-state index in [0.717, 1.165) is 36.1 Å². The third kappa shape index (κ3) is 5.34. The topological polar surface area (TPSA) is 18.5 Å². The minimum atomic E-state index is -0.644. The highest BCUT2D eigenvalue weighted by Crippen LogP contribution is 2.40. The van der Waals surface area contributed by atoms with Crippen molar-refractivity contribution < 1.29 is 9.47 Å². The molecule has 0 aliphatic carbocycles. The van der Waals surface area contributed by atoms with Crippen LogP contribution in [-0.2, 0) is 21.7 Å². The summed E-state index contributed by atoms with van der Waals surface area (Å²) < 4.78 is 12.6. The zero-order valence-electron chi connectivity index (χ0n) is 18.4. The van der Waals surface area contributed by atoms with Crippen LogP contribution in [0.15, 0.2) is 121 Å². The molecule has 0 heterocycles. The molecule has 0 fully saturated rings. The molecule has 0 bridgehead atoms. The van der Waals surface area contributed by atoms with E-state index in [-0.39, 0.29) is 0 Å². The normalized spacial score (nSPS) is 11.4. The van der Waals surface area contributed by atoms with E-state index >= 15 is 0 Å². The van der Waals surface area contributed by atoms with E-state index in [1.807, 2.05) is 36.4 Å². The molecular formula is C30H30O2. The second kappa shape index (κ2) is 11.4. The van der Waals surface area contributed by atoms with E-state index in [4.69, 9.17) is 9.47 Å². The maximum absolute atomic E-state index is 6.80. The Kier molecular flexibility index (Phi) is 7.86. The van der Waals surface area contributed by atoms with Gasteiger partial charge in [-0.05, 0) is 35.1 Å². The van der Waals surface area contributed by atoms with Crippen LogP contribution >= 0.6 is 0 Å². The molecule has 2 nitrogen and oxygen atoms in total. The van der Waals surface area contributed by atoms with E-state index in [9.17, 15) is 0 Å². The maximum atomic E-state index is 6.80. The van der Waals surface area contributed by atoms with Crippen molar-refractivity contribution in [3.8, 4) is 0 Å². The predicted octanol–water partition coefficient (Wildman–Crippen LogP) is 6.99. The van der Waals surface area contributed by atoms with Crippen molar-refractivity contribution in [3.63, 3.8) is 0 Å². The molecule has 0 saturated carbocycles. The zero-order valence-corrected chi connectivity index (χ0v) is 18.4. The van der Waals surface area contributed by atoms with E-state index < -0.39 is 5.60 Å². The number of unbranched alkanes of at least 4 members (excludes halogenated alkanes) is 1. The number of benzene rings is 4. The lowest BCUT2D eigenvalue weighted by atomic mass is 9.80. The molecule has 0 amide bonds. The summed E-state index contributed by atoms with van der Waals surface area (Å²) in [5, 5.41) is 0. The van der Waals surface area contributed by atoms with Gasteiger partial charge in [-0.2, -0.15) is 0 Å². The van der Waals surface area contributed by atoms with Crippen molar-refractivity contribution in [2.45, 2.75) is 25.0 Å². The van der Waals surface area contributed by atoms with Gasteiger partial charge in [0.05, 0.1) is 6.61 Å². The molecule has 2 heteroatoms. The van der Waals surface area contributed by atoms with Gasteiger partial charge in [0.2, 0.25) is 0 Å². The average Bonchev–Trinajstić information content (AvgIpc) is 2.88. The van der Waals surface area contributed by atoms with Gasteiger partial charge in [0.15, 0.2) is 0 Å². The number of hydrogen-bond acceptors (Lipinski definition) is 2. The molecule has 0 atom stereocenters. The maximum Gasteiger partial charge on any atom is 0.143 e. The second-order valence-electron chi connectivity index (χ2n) is 7.87. The highest BCUT2D eigenvalue weighted by molar-refractivity contribution is 5.47. The Labute approximate surface area is 191 Å². The standard InChI is InChI=1S/C30H30O2/c1-5-15-26(16-6-1)25-31-23-13-14-24-32-30(27-17-7-2-8-18-27,28-19-9-3-10-20-28)29-21-11-4-12-22-29/h1-12,15-22H,13-14,23-25H2. The van der Waals surface area contributed by atoms with Crippen LogP contribution in [0.2, 0.25) is 0 Å². The van der Waals surface area contributed by atoms with Gasteiger partial charge in [-0.1, -0.05) is 121 Å². The lowest BCUT2D eigenvalue weighted by molar-refractivity contribution is 0.00695. The van der Waals surface area contributed by atoms with Crippen molar-refractivity contribution in [2.24, 2.45) is 0 Å². The van der Waals surface area contributed by atoms with Crippen LogP contribution in [0, 0.1) is 0 Å². The first-order valence-corrected chi connectivity index (χ1v) is 11.3. The van der Waals surface area contributed by atoms with Gasteiger partial charge in [-0.15, -0.1) is 0 Å². The SMILES string of the molecule is c1ccc(COCCCCOC(c2ccccc2)(c2ccccc2)c2ccccc2)cc1. The summed E-state index contributed by atoms with van der Waals surface area (Å²) >= 11 is 0. The van der Waals surface area contributed by atoms with Gasteiger partial charge in [0.25, 0.3) is 0 Å². The zero-order chi connectivity index (χ0) is 21.9. The molecule has 162 valence electrons. The molecule has 0 radical (unpaired) electrons. The molecule has 0 aromatic heterocycles. The van der Waals surface area contributed by atoms with Crippen molar-refractivity contribution in [2.75, 3.05) is 13.2 Å². The highest BCUT2D eigenvalue weighted by atomic mass is 16.5. The minimum absolute atomic E-state index is 0.644. The molecule has 4 aromatic rings. The van der Waals surface area contributed by atoms with Crippen molar-refractivity contribution in [1.29, 1.82) is 0 Å². The summed E-state index contributed by atoms with van der Waals surface area (Å²) in [6.07, 6.45) is 1.89. The summed E-state index contributed by atoms with van der Waals surface area (Å²) in [6, 6.07) is 41.9. The molecule has 0 saturated heterocycles. The molecule has 0 aliphatic heterocycles. The molecule has 0 spiro atoms. The van der Waals surface area contributed by atoms with Gasteiger partial charge in [-0.25, -0.2) is 0 Å². The fourth-order valence-corrected chi connectivity index (χ4v) is 4.06. The predicted molar refractivity (Wildman–Crippen MR) is 130 cm³/mol. The monoisotopic (exact) mass is 422 g/mol. The smallest absolute Gasteiger partial charge is 0.143 e. The Balaban J connectivity index is 1.47. The lowest BCUT2D eigenvalue weighted by Gasteiger charge is -2.36. The Morgan fingerprint density at radius 2 is 0.875 bits per heavy atom. The van der Waals surface area contributed by atoms with Crippen molar-refractivity contribution in [3.05, 3.63) is 144 Å². The molecule has 0 N–H and O–H groups in total. The lowest BCUT2D eigenvalue weighted by Crippen LogP contribution is -2.33. The molecule has 4 rings (SSSR count). The van der Waals surface area contributed by atoms with E-state index in [2.05, 4.69) is 84.9 Å². The van der Waals surface area contributed by atoms with Crippen LogP contribution in [-0.4, -0.2) is 13.2 Å². The number of ether oxygens (including phenoxy) is 2. The van der Waals surface area contributed by atoms with E-state index in [0.29, 0.717) is 13.2 Å². The van der Waals surface area contributed by atoms with Crippen molar-refractivity contribution >= 4 is 0 Å². The Morgan fingerprint density at radius 1 is 0.469 bits per heavy atom. The Morgan fingerprint density at radius 3 is 1.34 bits per heavy atom. The largest absolute Gasteiger partial charge is 0.377 e. The molecule has 4 aromatic carbocycles. The van der Waals surface area contributed by atoms with Gasteiger partial charge >= 0.3 is 0 Å². The average molecular weight is 423 g/mol. The quantitative estimate of drug-likeness (QED) is 0.191. The van der Waals surface area contributed by atoms with Crippen LogP contribution in [0.4, 0.5) is 0 Å². The molecule has 0 aliphatic rings. The van der Waals surface area contributed by atoms with Gasteiger partial charge in [0.1, 0.15) is 5.60 Å². The van der Waals surface area contributed by atoms with Crippen molar-refractivity contribution in [1.82, 2.24) is 0 Å². The first kappa shape index (κ1) is 22.0. The summed E-state index contributed by atoms with van der Waals surface area (Å²) in [5.41, 5.74) is 3.97. The van der Waals surface area contributed by atoms with Crippen LogP contribution in [0.25, 0.3) is 0 Å². The third-order valence-electron chi connectivity index (χ3n) is 5.65. The summed E-state index contributed by atoms with van der Waals surface area (Å²) in [5.74, 6) is 0. The van der Waals surface area contributed by atoms with Crippen LogP contribution in [0.3, 0.4) is 0 Å². The van der Waals surface area contributed by atoms with Crippen LogP contribution in [0.1, 0.15) is 35.1 Å². The summed E-state index contributed by atoms with van der Waals surface area (Å²) in [7, 11) is 0. The van der Waals surface area contributed by atoms with Gasteiger partial charge < -0.3 is 9.47 Å². The fraction of sp³-hybridized carbons (Fsp3) is 0.200. The fourth-order valence-electron chi connectivity index (χ4n) is 4.06. The van der Waals surface area contributed by atoms with Gasteiger partial charge in [0, 0.05) is 13.2 Å². The van der Waals surface area contributed by atoms with Crippen LogP contribution in [0.5, 0.6) is 0 Å². The number of rotatable bonds is 11. The minimum Gasteiger partial charge on any atom is -0.377 e. The summed E-state index contributed by atoms with van der Waals surface area (Å²) in [6.45, 7) is 2.03. The van der Waals surface area contributed by atoms with Gasteiger partial charge in [-0.3, -0.25) is 0 Å². The summed E-state index contributed by atoms with van der Waals surface area (Å²) in [4.78, 5) is 0. The first-order valence-electron chi connectivity index (χ1n) is 11.3. The number of hydrogen-bond donors (Lipinski definition) is 0. The molecule has 32 heavy (non-hydrogen) atoms. The molecule has 0 unspecified atom stereocenters. The molecular weight excluding hydrogens is 392 g/mol. The second-order valence-corrected chi connectivity index (χ2v) is 7.87. The first-order chi connectivity index (χ1) is 15.9. The highest BCUT2D eigenvalue weighted by Gasteiger charge is 2.37. The van der Waals surface area contributed by atoms with Crippen LogP contribution < -0.4 is 0 Å². The van der Waals surface area contributed by atoms with E-state index in [1.54, 1.807) is 0 Å². The van der Waals surface area contributed by atoms with E-state index in [1.165, 1.54) is 5.56 Å². The Hall–Kier alpha value is -3.20. The Bertz CT molecular complexity index is 935. The third-order valence-corrected chi connectivity index (χ3v) is 5.65.